The van der Waals surface area contributed by atoms with Crippen molar-refractivity contribution in [2.24, 2.45) is 0 Å². The van der Waals surface area contributed by atoms with Gasteiger partial charge in [0.1, 0.15) is 12.1 Å². The smallest absolute Gasteiger partial charge is 0.318 e. The van der Waals surface area contributed by atoms with E-state index < -0.39 is 29.4 Å². The van der Waals surface area contributed by atoms with Crippen molar-refractivity contribution in [2.45, 2.75) is 31.7 Å². The predicted molar refractivity (Wildman–Crippen MR) is 101 cm³/mol. The number of likely N-dealkylation sites (N-methyl/N-ethyl adjacent to an activating group) is 1. The highest BCUT2D eigenvalue weighted by Crippen LogP contribution is 2.31. The maximum Gasteiger partial charge on any atom is 0.344 e. The third-order valence-corrected chi connectivity index (χ3v) is 5.14. The van der Waals surface area contributed by atoms with Gasteiger partial charge in [-0.05, 0) is 18.4 Å². The molecule has 29 heavy (non-hydrogen) atoms. The first kappa shape index (κ1) is 20.3. The zero-order chi connectivity index (χ0) is 21.2. The van der Waals surface area contributed by atoms with E-state index in [1.54, 1.807) is 37.3 Å². The van der Waals surface area contributed by atoms with Crippen molar-refractivity contribution in [1.82, 2.24) is 25.6 Å². The molecule has 2 heterocycles. The highest BCUT2D eigenvalue weighted by atomic mass is 16.2. The molecule has 154 valence electrons. The Labute approximate surface area is 167 Å². The number of nitrogens with one attached hydrogen (secondary N) is 2. The molecule has 2 saturated heterocycles. The SMILES string of the molecule is CC[C@@]1(c2ccccc2)NC(=O)N(NC(=O)CCCN2C(=O)CN(C)C2=O)C1=O. The molecule has 0 aliphatic carbocycles. The summed E-state index contributed by atoms with van der Waals surface area (Å²) < 4.78 is 0. The van der Waals surface area contributed by atoms with Gasteiger partial charge in [0.25, 0.3) is 5.91 Å². The number of nitrogens with zero attached hydrogens (tertiary/aromatic N) is 3. The lowest BCUT2D eigenvalue weighted by Crippen LogP contribution is -2.48. The lowest BCUT2D eigenvalue weighted by molar-refractivity contribution is -0.139. The summed E-state index contributed by atoms with van der Waals surface area (Å²) in [5.41, 5.74) is 1.73. The normalized spacial score (nSPS) is 21.8. The molecule has 0 bridgehead atoms. The third-order valence-electron chi connectivity index (χ3n) is 5.14. The minimum absolute atomic E-state index is 0.0199. The van der Waals surface area contributed by atoms with E-state index in [4.69, 9.17) is 0 Å². The van der Waals surface area contributed by atoms with Crippen LogP contribution in [0, 0.1) is 0 Å². The number of hydrogen-bond donors (Lipinski definition) is 2. The second-order valence-electron chi connectivity index (χ2n) is 7.02. The molecule has 0 saturated carbocycles. The van der Waals surface area contributed by atoms with Crippen LogP contribution in [0.25, 0.3) is 0 Å². The fourth-order valence-electron chi connectivity index (χ4n) is 3.51. The Morgan fingerprint density at radius 2 is 1.86 bits per heavy atom. The molecule has 3 rings (SSSR count). The summed E-state index contributed by atoms with van der Waals surface area (Å²) in [6.45, 7) is 1.89. The van der Waals surface area contributed by atoms with Gasteiger partial charge in [0.2, 0.25) is 11.8 Å². The van der Waals surface area contributed by atoms with Crippen LogP contribution in [0.5, 0.6) is 0 Å². The predicted octanol–water partition coefficient (Wildman–Crippen LogP) is 0.549. The van der Waals surface area contributed by atoms with Crippen LogP contribution in [0.15, 0.2) is 30.3 Å². The fourth-order valence-corrected chi connectivity index (χ4v) is 3.51. The van der Waals surface area contributed by atoms with Gasteiger partial charge in [-0.2, -0.15) is 5.01 Å². The second kappa shape index (κ2) is 7.90. The summed E-state index contributed by atoms with van der Waals surface area (Å²) in [6.07, 6.45) is 0.487. The Bertz CT molecular complexity index is 858. The molecule has 2 aliphatic heterocycles. The first-order chi connectivity index (χ1) is 13.8. The Morgan fingerprint density at radius 1 is 1.17 bits per heavy atom. The van der Waals surface area contributed by atoms with Crippen molar-refractivity contribution < 1.29 is 24.0 Å². The number of amides is 7. The zero-order valence-corrected chi connectivity index (χ0v) is 16.3. The molecule has 2 fully saturated rings. The molecule has 10 heteroatoms. The standard InChI is InChI=1S/C19H23N5O5/c1-3-19(13-8-5-4-6-9-13)16(27)24(17(28)20-19)21-14(25)10-7-11-23-15(26)12-22(2)18(23)29/h4-6,8-9H,3,7,10-12H2,1-2H3,(H,20,28)(H,21,25)/t19-/m0/s1. The van der Waals surface area contributed by atoms with Crippen LogP contribution in [-0.4, -0.2) is 64.7 Å². The van der Waals surface area contributed by atoms with Gasteiger partial charge in [0.05, 0.1) is 0 Å². The second-order valence-corrected chi connectivity index (χ2v) is 7.02. The molecule has 1 atom stereocenters. The van der Waals surface area contributed by atoms with Crippen molar-refractivity contribution in [3.05, 3.63) is 35.9 Å². The molecule has 1 aromatic carbocycles. The number of hydrogen-bond acceptors (Lipinski definition) is 5. The van der Waals surface area contributed by atoms with Crippen molar-refractivity contribution in [1.29, 1.82) is 0 Å². The molecule has 2 N–H and O–H groups in total. The fraction of sp³-hybridized carbons (Fsp3) is 0.421. The number of imide groups is 2. The van der Waals surface area contributed by atoms with Crippen LogP contribution in [0.4, 0.5) is 9.59 Å². The number of rotatable bonds is 7. The van der Waals surface area contributed by atoms with Gasteiger partial charge >= 0.3 is 12.1 Å². The average Bonchev–Trinajstić information content (AvgIpc) is 3.10. The highest BCUT2D eigenvalue weighted by molar-refractivity contribution is 6.08. The number of hydrazine groups is 1. The van der Waals surface area contributed by atoms with Gasteiger partial charge < -0.3 is 10.2 Å². The molecular formula is C19H23N5O5. The summed E-state index contributed by atoms with van der Waals surface area (Å²) in [7, 11) is 1.53. The maximum absolute atomic E-state index is 12.9. The van der Waals surface area contributed by atoms with Crippen molar-refractivity contribution in [3.63, 3.8) is 0 Å². The topological polar surface area (TPSA) is 119 Å². The lowest BCUT2D eigenvalue weighted by atomic mass is 9.87. The van der Waals surface area contributed by atoms with Crippen molar-refractivity contribution in [2.75, 3.05) is 20.1 Å². The summed E-state index contributed by atoms with van der Waals surface area (Å²) in [6, 6.07) is 7.72. The van der Waals surface area contributed by atoms with E-state index in [2.05, 4.69) is 10.7 Å². The number of benzene rings is 1. The molecule has 2 aliphatic rings. The van der Waals surface area contributed by atoms with E-state index >= 15 is 0 Å². The average molecular weight is 401 g/mol. The molecule has 10 nitrogen and oxygen atoms in total. The maximum atomic E-state index is 12.9. The molecule has 0 radical (unpaired) electrons. The van der Waals surface area contributed by atoms with E-state index in [0.29, 0.717) is 17.0 Å². The summed E-state index contributed by atoms with van der Waals surface area (Å²) in [5.74, 6) is -1.43. The van der Waals surface area contributed by atoms with E-state index in [0.717, 1.165) is 4.90 Å². The van der Waals surface area contributed by atoms with E-state index in [9.17, 15) is 24.0 Å². The molecule has 1 aromatic rings. The zero-order valence-electron chi connectivity index (χ0n) is 16.3. The van der Waals surface area contributed by atoms with Crippen LogP contribution in [0.3, 0.4) is 0 Å². The monoisotopic (exact) mass is 401 g/mol. The number of carbonyl (C=O) groups excluding carboxylic acids is 5. The number of urea groups is 2. The van der Waals surface area contributed by atoms with Crippen molar-refractivity contribution in [3.8, 4) is 0 Å². The van der Waals surface area contributed by atoms with E-state index in [1.807, 2.05) is 0 Å². The minimum atomic E-state index is -1.23. The van der Waals surface area contributed by atoms with Crippen LogP contribution in [0.1, 0.15) is 31.7 Å². The molecular weight excluding hydrogens is 378 g/mol. The molecule has 0 unspecified atom stereocenters. The van der Waals surface area contributed by atoms with E-state index in [-0.39, 0.29) is 31.8 Å². The minimum Gasteiger partial charge on any atom is -0.318 e. The first-order valence-electron chi connectivity index (χ1n) is 9.37. The lowest BCUT2D eigenvalue weighted by Gasteiger charge is -2.25. The summed E-state index contributed by atoms with van der Waals surface area (Å²) in [5, 5.41) is 3.37. The molecule has 7 amide bonds. The third kappa shape index (κ3) is 3.65. The van der Waals surface area contributed by atoms with Gasteiger partial charge in [-0.15, -0.1) is 0 Å². The van der Waals surface area contributed by atoms with Gasteiger partial charge in [0.15, 0.2) is 0 Å². The summed E-state index contributed by atoms with van der Waals surface area (Å²) in [4.78, 5) is 63.5. The Hall–Kier alpha value is -3.43. The molecule has 0 aromatic heterocycles. The van der Waals surface area contributed by atoms with Gasteiger partial charge in [-0.25, -0.2) is 9.59 Å². The Balaban J connectivity index is 1.59. The molecule has 0 spiro atoms. The van der Waals surface area contributed by atoms with Crippen LogP contribution in [-0.2, 0) is 19.9 Å². The summed E-state index contributed by atoms with van der Waals surface area (Å²) >= 11 is 0. The van der Waals surface area contributed by atoms with E-state index in [1.165, 1.54) is 11.9 Å². The van der Waals surface area contributed by atoms with Crippen LogP contribution >= 0.6 is 0 Å². The van der Waals surface area contributed by atoms with Crippen LogP contribution < -0.4 is 10.7 Å². The quantitative estimate of drug-likeness (QED) is 0.647. The Morgan fingerprint density at radius 3 is 2.45 bits per heavy atom. The van der Waals surface area contributed by atoms with Gasteiger partial charge in [-0.1, -0.05) is 37.3 Å². The number of carbonyl (C=O) groups is 5. The Kier molecular flexibility index (Phi) is 5.53. The largest absolute Gasteiger partial charge is 0.344 e. The van der Waals surface area contributed by atoms with Gasteiger partial charge in [0, 0.05) is 20.0 Å². The van der Waals surface area contributed by atoms with Gasteiger partial charge in [-0.3, -0.25) is 24.7 Å². The van der Waals surface area contributed by atoms with Crippen LogP contribution in [0.2, 0.25) is 0 Å². The highest BCUT2D eigenvalue weighted by Gasteiger charge is 2.52. The first-order valence-corrected chi connectivity index (χ1v) is 9.37. The van der Waals surface area contributed by atoms with Crippen molar-refractivity contribution >= 4 is 29.8 Å².